The second kappa shape index (κ2) is 8.94. The normalized spacial score (nSPS) is 10.5. The lowest BCUT2D eigenvalue weighted by atomic mass is 10.1. The molecule has 0 bridgehead atoms. The summed E-state index contributed by atoms with van der Waals surface area (Å²) in [5.41, 5.74) is 2.24. The lowest BCUT2D eigenvalue weighted by molar-refractivity contribution is -0.114. The molecule has 9 heteroatoms. The van der Waals surface area contributed by atoms with Crippen molar-refractivity contribution in [1.29, 1.82) is 0 Å². The fraction of sp³-hybridized carbons (Fsp3) is 0.105. The molecule has 144 valence electrons. The Hall–Kier alpha value is -2.78. The van der Waals surface area contributed by atoms with Crippen LogP contribution in [0.4, 0.5) is 19.6 Å². The van der Waals surface area contributed by atoms with Crippen LogP contribution in [0.3, 0.4) is 0 Å². The highest BCUT2D eigenvalue weighted by Crippen LogP contribution is 2.26. The minimum absolute atomic E-state index is 0.0470. The van der Waals surface area contributed by atoms with Crippen LogP contribution in [0.5, 0.6) is 0 Å². The molecule has 0 spiro atoms. The fourth-order valence-corrected chi connectivity index (χ4v) is 3.72. The van der Waals surface area contributed by atoms with Crippen LogP contribution < -0.4 is 10.6 Å². The Morgan fingerprint density at radius 1 is 1.07 bits per heavy atom. The third kappa shape index (κ3) is 5.37. The van der Waals surface area contributed by atoms with Crippen LogP contribution in [0.1, 0.15) is 6.92 Å². The van der Waals surface area contributed by atoms with Crippen molar-refractivity contribution in [2.24, 2.45) is 0 Å². The third-order valence-electron chi connectivity index (χ3n) is 3.51. The van der Waals surface area contributed by atoms with Gasteiger partial charge in [-0.05, 0) is 30.3 Å². The zero-order chi connectivity index (χ0) is 20.1. The number of halogens is 2. The first-order valence-electron chi connectivity index (χ1n) is 8.12. The van der Waals surface area contributed by atoms with E-state index in [0.29, 0.717) is 21.4 Å². The smallest absolute Gasteiger partial charge is 0.236 e. The van der Waals surface area contributed by atoms with E-state index in [4.69, 9.17) is 0 Å². The van der Waals surface area contributed by atoms with E-state index in [0.717, 1.165) is 29.5 Å². The van der Waals surface area contributed by atoms with Crippen molar-refractivity contribution in [3.63, 3.8) is 0 Å². The molecule has 0 saturated heterocycles. The number of nitrogens with one attached hydrogen (secondary N) is 2. The number of thioether (sulfide) groups is 1. The van der Waals surface area contributed by atoms with Gasteiger partial charge in [-0.3, -0.25) is 9.59 Å². The molecule has 2 aromatic carbocycles. The molecule has 2 N–H and O–H groups in total. The molecule has 0 fully saturated rings. The Kier molecular flexibility index (Phi) is 6.37. The first-order chi connectivity index (χ1) is 13.4. The van der Waals surface area contributed by atoms with Crippen molar-refractivity contribution in [2.45, 2.75) is 11.8 Å². The van der Waals surface area contributed by atoms with Gasteiger partial charge < -0.3 is 10.6 Å². The van der Waals surface area contributed by atoms with E-state index in [2.05, 4.69) is 15.6 Å². The Bertz CT molecular complexity index is 1010. The average molecular weight is 419 g/mol. The van der Waals surface area contributed by atoms with Gasteiger partial charge in [-0.2, -0.15) is 0 Å². The van der Waals surface area contributed by atoms with Gasteiger partial charge in [-0.15, -0.1) is 23.1 Å². The minimum atomic E-state index is -0.945. The van der Waals surface area contributed by atoms with Gasteiger partial charge in [0.05, 0.1) is 11.4 Å². The molecule has 0 aliphatic carbocycles. The second-order valence-electron chi connectivity index (χ2n) is 5.71. The Morgan fingerprint density at radius 3 is 2.50 bits per heavy atom. The van der Waals surface area contributed by atoms with Crippen LogP contribution in [-0.2, 0) is 9.59 Å². The van der Waals surface area contributed by atoms with Crippen molar-refractivity contribution in [2.75, 3.05) is 16.4 Å². The number of benzene rings is 2. The van der Waals surface area contributed by atoms with Crippen molar-refractivity contribution in [3.8, 4) is 11.3 Å². The molecule has 0 atom stereocenters. The molecule has 0 aliphatic rings. The molecule has 1 heterocycles. The molecule has 0 aliphatic heterocycles. The zero-order valence-electron chi connectivity index (χ0n) is 14.7. The highest BCUT2D eigenvalue weighted by molar-refractivity contribution is 8.00. The number of carbonyl (C=O) groups excluding carboxylic acids is 2. The van der Waals surface area contributed by atoms with E-state index >= 15 is 0 Å². The maximum atomic E-state index is 13.2. The number of rotatable bonds is 6. The molecule has 2 amide bonds. The maximum Gasteiger partial charge on any atom is 0.236 e. The van der Waals surface area contributed by atoms with Crippen LogP contribution >= 0.6 is 23.1 Å². The molecule has 5 nitrogen and oxygen atoms in total. The number of hydrogen-bond donors (Lipinski definition) is 2. The number of hydrogen-bond acceptors (Lipinski definition) is 5. The van der Waals surface area contributed by atoms with Crippen LogP contribution in [-0.4, -0.2) is 22.6 Å². The van der Waals surface area contributed by atoms with E-state index in [-0.39, 0.29) is 17.6 Å². The van der Waals surface area contributed by atoms with Gasteiger partial charge in [0.15, 0.2) is 16.8 Å². The molecular weight excluding hydrogens is 404 g/mol. The summed E-state index contributed by atoms with van der Waals surface area (Å²) in [5, 5.41) is 7.63. The first-order valence-corrected chi connectivity index (χ1v) is 9.98. The summed E-state index contributed by atoms with van der Waals surface area (Å²) in [6.45, 7) is 1.44. The predicted molar refractivity (Wildman–Crippen MR) is 108 cm³/mol. The van der Waals surface area contributed by atoms with Crippen molar-refractivity contribution < 1.29 is 18.4 Å². The molecule has 1 aromatic heterocycles. The van der Waals surface area contributed by atoms with Crippen LogP contribution in [0.25, 0.3) is 11.3 Å². The van der Waals surface area contributed by atoms with E-state index < -0.39 is 11.6 Å². The maximum absolute atomic E-state index is 13.2. The molecule has 0 unspecified atom stereocenters. The van der Waals surface area contributed by atoms with Gasteiger partial charge in [-0.25, -0.2) is 13.8 Å². The van der Waals surface area contributed by atoms with E-state index in [9.17, 15) is 18.4 Å². The van der Waals surface area contributed by atoms with Gasteiger partial charge in [0.1, 0.15) is 0 Å². The number of thiazole rings is 1. The Morgan fingerprint density at radius 2 is 1.82 bits per heavy atom. The summed E-state index contributed by atoms with van der Waals surface area (Å²) in [4.78, 5) is 27.9. The molecule has 3 rings (SSSR count). The SMILES string of the molecule is CC(=O)Nc1ccc(-c2csc(NC(=O)CSc3ccc(F)c(F)c3)n2)cc1. The van der Waals surface area contributed by atoms with Crippen molar-refractivity contribution >= 4 is 45.7 Å². The molecular formula is C19H15F2N3O2S2. The summed E-state index contributed by atoms with van der Waals surface area (Å²) in [5.74, 6) is -2.26. The number of aromatic nitrogens is 1. The number of nitrogens with zero attached hydrogens (tertiary/aromatic N) is 1. The molecule has 28 heavy (non-hydrogen) atoms. The predicted octanol–water partition coefficient (Wildman–Crippen LogP) is 4.78. The van der Waals surface area contributed by atoms with Crippen LogP contribution in [0.15, 0.2) is 52.7 Å². The minimum Gasteiger partial charge on any atom is -0.326 e. The lowest BCUT2D eigenvalue weighted by Gasteiger charge is -2.03. The summed E-state index contributed by atoms with van der Waals surface area (Å²) in [6, 6.07) is 10.7. The number of amides is 2. The van der Waals surface area contributed by atoms with E-state index in [1.165, 1.54) is 24.3 Å². The zero-order valence-corrected chi connectivity index (χ0v) is 16.3. The topological polar surface area (TPSA) is 71.1 Å². The number of anilines is 2. The van der Waals surface area contributed by atoms with Gasteiger partial charge in [-0.1, -0.05) is 12.1 Å². The monoisotopic (exact) mass is 419 g/mol. The summed E-state index contributed by atoms with van der Waals surface area (Å²) in [6.07, 6.45) is 0. The van der Waals surface area contributed by atoms with Crippen LogP contribution in [0, 0.1) is 11.6 Å². The average Bonchev–Trinajstić information content (AvgIpc) is 3.11. The third-order valence-corrected chi connectivity index (χ3v) is 5.26. The van der Waals surface area contributed by atoms with Gasteiger partial charge in [0.2, 0.25) is 11.8 Å². The summed E-state index contributed by atoms with van der Waals surface area (Å²) < 4.78 is 26.1. The molecule has 3 aromatic rings. The summed E-state index contributed by atoms with van der Waals surface area (Å²) in [7, 11) is 0. The molecule has 0 saturated carbocycles. The fourth-order valence-electron chi connectivity index (χ4n) is 2.26. The first kappa shape index (κ1) is 20.0. The lowest BCUT2D eigenvalue weighted by Crippen LogP contribution is -2.13. The van der Waals surface area contributed by atoms with Crippen molar-refractivity contribution in [3.05, 3.63) is 59.5 Å². The van der Waals surface area contributed by atoms with Crippen LogP contribution in [0.2, 0.25) is 0 Å². The standard InChI is InChI=1S/C19H15F2N3O2S2/c1-11(25)22-13-4-2-12(3-5-13)17-9-28-19(23-17)24-18(26)10-27-14-6-7-15(20)16(21)8-14/h2-9H,10H2,1H3,(H,22,25)(H,23,24,26). The Labute approximate surface area is 168 Å². The van der Waals surface area contributed by atoms with Gasteiger partial charge in [0.25, 0.3) is 0 Å². The second-order valence-corrected chi connectivity index (χ2v) is 7.62. The quantitative estimate of drug-likeness (QED) is 0.564. The van der Waals surface area contributed by atoms with Crippen molar-refractivity contribution in [1.82, 2.24) is 4.98 Å². The molecule has 0 radical (unpaired) electrons. The van der Waals surface area contributed by atoms with Gasteiger partial charge in [0, 0.05) is 28.5 Å². The largest absolute Gasteiger partial charge is 0.326 e. The number of carbonyl (C=O) groups is 2. The highest BCUT2D eigenvalue weighted by atomic mass is 32.2. The summed E-state index contributed by atoms with van der Waals surface area (Å²) >= 11 is 2.39. The van der Waals surface area contributed by atoms with Gasteiger partial charge >= 0.3 is 0 Å². The van der Waals surface area contributed by atoms with E-state index in [1.54, 1.807) is 12.1 Å². The van der Waals surface area contributed by atoms with E-state index in [1.807, 2.05) is 17.5 Å². The Balaban J connectivity index is 1.57. The highest BCUT2D eigenvalue weighted by Gasteiger charge is 2.10.